The predicted octanol–water partition coefficient (Wildman–Crippen LogP) is 6.10. The number of benzene rings is 3. The Bertz CT molecular complexity index is 1410. The molecule has 0 atom stereocenters. The van der Waals surface area contributed by atoms with Crippen LogP contribution in [0.25, 0.3) is 22.8 Å². The number of fused-ring (bicyclic) bond motifs is 1. The summed E-state index contributed by atoms with van der Waals surface area (Å²) < 4.78 is 42.5. The highest BCUT2D eigenvalue weighted by molar-refractivity contribution is 5.90. The third kappa shape index (κ3) is 5.09. The van der Waals surface area contributed by atoms with Crippen LogP contribution in [-0.2, 0) is 24.2 Å². The summed E-state index contributed by atoms with van der Waals surface area (Å²) in [6, 6.07) is 16.7. The van der Waals surface area contributed by atoms with Gasteiger partial charge in [-0.2, -0.15) is 0 Å². The van der Waals surface area contributed by atoms with Gasteiger partial charge in [-0.05, 0) is 97.5 Å². The van der Waals surface area contributed by atoms with E-state index in [2.05, 4.69) is 10.1 Å². The Morgan fingerprint density at radius 1 is 0.829 bits per heavy atom. The lowest BCUT2D eigenvalue weighted by Gasteiger charge is -2.06. The van der Waals surface area contributed by atoms with E-state index in [9.17, 15) is 18.0 Å². The van der Waals surface area contributed by atoms with Gasteiger partial charge in [0.05, 0.1) is 0 Å². The van der Waals surface area contributed by atoms with Crippen molar-refractivity contribution in [1.29, 1.82) is 0 Å². The zero-order chi connectivity index (χ0) is 24.4. The average Bonchev–Trinajstić information content (AvgIpc) is 3.14. The summed E-state index contributed by atoms with van der Waals surface area (Å²) >= 11 is 0. The van der Waals surface area contributed by atoms with E-state index < -0.39 is 0 Å². The average molecular weight is 473 g/mol. The minimum atomic E-state index is -0.384. The van der Waals surface area contributed by atoms with Crippen LogP contribution in [0.4, 0.5) is 13.2 Å². The smallest absolute Gasteiger partial charge is 0.181 e. The van der Waals surface area contributed by atoms with Gasteiger partial charge < -0.3 is 0 Å². The standard InChI is InChI=1S/C28H22F3N3O/c29-22-11-7-20(8-12-22)27-32-28(21-9-13-23(30)14-10-21)34(33-27)17-24(35)16-18-4-6-19-2-1-3-26(31)25(19)15-5-18/h1-3,7-14,16H,4-6,15,17H2/b18-16+. The molecule has 0 bridgehead atoms. The number of allylic oxidation sites excluding steroid dienone is 2. The number of aryl methyl sites for hydroxylation is 1. The Hall–Kier alpha value is -4.00. The first-order valence-electron chi connectivity index (χ1n) is 11.4. The molecule has 0 unspecified atom stereocenters. The fourth-order valence-electron chi connectivity index (χ4n) is 4.37. The minimum absolute atomic E-state index is 0.0638. The number of rotatable bonds is 5. The fourth-order valence-corrected chi connectivity index (χ4v) is 4.37. The van der Waals surface area contributed by atoms with Crippen LogP contribution < -0.4 is 0 Å². The molecule has 0 N–H and O–H groups in total. The molecule has 35 heavy (non-hydrogen) atoms. The summed E-state index contributed by atoms with van der Waals surface area (Å²) in [5.41, 5.74) is 3.88. The van der Waals surface area contributed by atoms with Gasteiger partial charge in [-0.1, -0.05) is 17.7 Å². The molecule has 0 saturated carbocycles. The lowest BCUT2D eigenvalue weighted by molar-refractivity contribution is -0.115. The normalized spacial score (nSPS) is 14.5. The highest BCUT2D eigenvalue weighted by atomic mass is 19.1. The van der Waals surface area contributed by atoms with Crippen molar-refractivity contribution >= 4 is 5.78 Å². The number of carbonyl (C=O) groups excluding carboxylic acids is 1. The molecule has 5 rings (SSSR count). The van der Waals surface area contributed by atoms with E-state index in [0.29, 0.717) is 48.5 Å². The number of carbonyl (C=O) groups is 1. The monoisotopic (exact) mass is 473 g/mol. The third-order valence-corrected chi connectivity index (χ3v) is 6.17. The van der Waals surface area contributed by atoms with Gasteiger partial charge in [0.2, 0.25) is 0 Å². The highest BCUT2D eigenvalue weighted by Gasteiger charge is 2.18. The van der Waals surface area contributed by atoms with Gasteiger partial charge in [-0.25, -0.2) is 22.8 Å². The zero-order valence-electron chi connectivity index (χ0n) is 18.8. The minimum Gasteiger partial charge on any atom is -0.293 e. The molecule has 1 aliphatic carbocycles. The maximum absolute atomic E-state index is 14.2. The van der Waals surface area contributed by atoms with Gasteiger partial charge in [-0.3, -0.25) is 4.79 Å². The van der Waals surface area contributed by atoms with Crippen LogP contribution in [-0.4, -0.2) is 20.5 Å². The number of hydrogen-bond donors (Lipinski definition) is 0. The number of ketones is 1. The zero-order valence-corrected chi connectivity index (χ0v) is 18.8. The van der Waals surface area contributed by atoms with Crippen LogP contribution in [0.1, 0.15) is 24.0 Å². The lowest BCUT2D eigenvalue weighted by atomic mass is 10.0. The largest absolute Gasteiger partial charge is 0.293 e. The summed E-state index contributed by atoms with van der Waals surface area (Å²) in [4.78, 5) is 17.6. The van der Waals surface area contributed by atoms with Crippen LogP contribution in [0.3, 0.4) is 0 Å². The van der Waals surface area contributed by atoms with Gasteiger partial charge >= 0.3 is 0 Å². The number of hydrogen-bond acceptors (Lipinski definition) is 3. The quantitative estimate of drug-likeness (QED) is 0.260. The first kappa shape index (κ1) is 22.8. The van der Waals surface area contributed by atoms with Gasteiger partial charge in [0, 0.05) is 11.1 Å². The molecule has 0 saturated heterocycles. The summed E-state index contributed by atoms with van der Waals surface area (Å²) in [6.45, 7) is -0.0638. The number of aromatic nitrogens is 3. The van der Waals surface area contributed by atoms with Crippen molar-refractivity contribution in [2.45, 2.75) is 32.2 Å². The molecule has 0 aliphatic heterocycles. The molecule has 4 aromatic rings. The van der Waals surface area contributed by atoms with E-state index in [4.69, 9.17) is 0 Å². The molecule has 1 aromatic heterocycles. The molecule has 1 aliphatic rings. The van der Waals surface area contributed by atoms with Crippen LogP contribution >= 0.6 is 0 Å². The molecule has 3 aromatic carbocycles. The van der Waals surface area contributed by atoms with Crippen molar-refractivity contribution in [3.63, 3.8) is 0 Å². The summed E-state index contributed by atoms with van der Waals surface area (Å²) in [5, 5.41) is 4.49. The van der Waals surface area contributed by atoms with Gasteiger partial charge in [0.25, 0.3) is 0 Å². The molecule has 7 heteroatoms. The van der Waals surface area contributed by atoms with Gasteiger partial charge in [0.15, 0.2) is 17.4 Å². The second-order valence-electron chi connectivity index (χ2n) is 8.58. The van der Waals surface area contributed by atoms with Crippen molar-refractivity contribution in [3.05, 3.63) is 107 Å². The van der Waals surface area contributed by atoms with E-state index in [1.807, 2.05) is 6.07 Å². The Labute approximate surface area is 200 Å². The van der Waals surface area contributed by atoms with Crippen LogP contribution in [0, 0.1) is 17.5 Å². The van der Waals surface area contributed by atoms with Crippen molar-refractivity contribution in [2.24, 2.45) is 0 Å². The van der Waals surface area contributed by atoms with Gasteiger partial charge in [0.1, 0.15) is 24.0 Å². The highest BCUT2D eigenvalue weighted by Crippen LogP contribution is 2.27. The Balaban J connectivity index is 1.41. The van der Waals surface area contributed by atoms with Crippen LogP contribution in [0.5, 0.6) is 0 Å². The van der Waals surface area contributed by atoms with Gasteiger partial charge in [-0.15, -0.1) is 5.10 Å². The van der Waals surface area contributed by atoms with Crippen molar-refractivity contribution in [3.8, 4) is 22.8 Å². The molecule has 0 fully saturated rings. The first-order valence-corrected chi connectivity index (χ1v) is 11.4. The van der Waals surface area contributed by atoms with E-state index >= 15 is 0 Å². The third-order valence-electron chi connectivity index (χ3n) is 6.17. The molecule has 0 radical (unpaired) electrons. The molecule has 0 amide bonds. The number of nitrogens with zero attached hydrogens (tertiary/aromatic N) is 3. The lowest BCUT2D eigenvalue weighted by Crippen LogP contribution is -2.11. The summed E-state index contributed by atoms with van der Waals surface area (Å²) in [6.07, 6.45) is 4.16. The SMILES string of the molecule is O=C(/C=C1\CCc2cccc(F)c2CC1)Cn1nc(-c2ccc(F)cc2)nc1-c1ccc(F)cc1. The fraction of sp³-hybridized carbons (Fsp3) is 0.179. The van der Waals surface area contributed by atoms with Crippen molar-refractivity contribution < 1.29 is 18.0 Å². The molecule has 0 spiro atoms. The summed E-state index contributed by atoms with van der Waals surface area (Å²) in [7, 11) is 0. The maximum atomic E-state index is 14.2. The Morgan fingerprint density at radius 3 is 2.20 bits per heavy atom. The molecule has 1 heterocycles. The Morgan fingerprint density at radius 2 is 1.49 bits per heavy atom. The second kappa shape index (κ2) is 9.70. The number of halogens is 3. The molecular formula is C28H22F3N3O. The van der Waals surface area contributed by atoms with Crippen molar-refractivity contribution in [1.82, 2.24) is 14.8 Å². The van der Waals surface area contributed by atoms with Crippen LogP contribution in [0.15, 0.2) is 78.4 Å². The van der Waals surface area contributed by atoms with E-state index in [-0.39, 0.29) is 29.8 Å². The van der Waals surface area contributed by atoms with Crippen molar-refractivity contribution in [2.75, 3.05) is 0 Å². The Kier molecular flexibility index (Phi) is 6.31. The molecule has 176 valence electrons. The van der Waals surface area contributed by atoms with E-state index in [1.165, 1.54) is 35.0 Å². The molecular weight excluding hydrogens is 451 g/mol. The topological polar surface area (TPSA) is 47.8 Å². The van der Waals surface area contributed by atoms with E-state index in [1.54, 1.807) is 36.4 Å². The van der Waals surface area contributed by atoms with Crippen LogP contribution in [0.2, 0.25) is 0 Å². The summed E-state index contributed by atoms with van der Waals surface area (Å²) in [5.74, 6) is -0.374. The second-order valence-corrected chi connectivity index (χ2v) is 8.58. The first-order chi connectivity index (χ1) is 17.0. The predicted molar refractivity (Wildman–Crippen MR) is 127 cm³/mol. The molecule has 4 nitrogen and oxygen atoms in total. The van der Waals surface area contributed by atoms with E-state index in [0.717, 1.165) is 16.7 Å². The maximum Gasteiger partial charge on any atom is 0.181 e.